The molecule has 4 heteroatoms. The lowest BCUT2D eigenvalue weighted by Gasteiger charge is -2.31. The minimum absolute atomic E-state index is 0.274. The number of carboxylic acids is 1. The first-order valence-corrected chi connectivity index (χ1v) is 5.77. The zero-order valence-corrected chi connectivity index (χ0v) is 9.19. The Morgan fingerprint density at radius 1 is 1.33 bits per heavy atom. The predicted molar refractivity (Wildman–Crippen MR) is 57.7 cm³/mol. The lowest BCUT2D eigenvalue weighted by Crippen LogP contribution is -2.34. The Bertz CT molecular complexity index is 188. The summed E-state index contributed by atoms with van der Waals surface area (Å²) in [5.74, 6) is -0.0316. The molecule has 0 bridgehead atoms. The number of aliphatic carboxylic acids is 1. The number of aliphatic hydroxyl groups excluding tert-OH is 1. The van der Waals surface area contributed by atoms with Gasteiger partial charge in [0.2, 0.25) is 0 Å². The van der Waals surface area contributed by atoms with E-state index in [-0.39, 0.29) is 6.42 Å². The van der Waals surface area contributed by atoms with Gasteiger partial charge in [-0.2, -0.15) is 0 Å². The van der Waals surface area contributed by atoms with Crippen molar-refractivity contribution in [3.05, 3.63) is 0 Å². The van der Waals surface area contributed by atoms with Crippen LogP contribution in [0.2, 0.25) is 0 Å². The molecule has 1 aliphatic heterocycles. The van der Waals surface area contributed by atoms with Gasteiger partial charge in [0, 0.05) is 13.0 Å². The first kappa shape index (κ1) is 12.5. The molecule has 0 aliphatic carbocycles. The predicted octanol–water partition coefficient (Wildman–Crippen LogP) is 0.946. The van der Waals surface area contributed by atoms with Crippen LogP contribution >= 0.6 is 0 Å². The summed E-state index contributed by atoms with van der Waals surface area (Å²) in [4.78, 5) is 12.7. The Balaban J connectivity index is 2.06. The number of nitrogens with zero attached hydrogens (tertiary/aromatic N) is 1. The standard InChI is InChI=1S/C11H21NO3/c13-9-5-10-3-7-12(8-4-10)6-1-2-11(14)15/h10,13H,1-9H2,(H,14,15). The van der Waals surface area contributed by atoms with Crippen LogP contribution in [-0.2, 0) is 4.79 Å². The molecule has 2 N–H and O–H groups in total. The van der Waals surface area contributed by atoms with E-state index in [0.717, 1.165) is 45.3 Å². The van der Waals surface area contributed by atoms with Crippen LogP contribution in [0.25, 0.3) is 0 Å². The van der Waals surface area contributed by atoms with Crippen LogP contribution in [0.15, 0.2) is 0 Å². The SMILES string of the molecule is O=C(O)CCCN1CCC(CCO)CC1. The zero-order chi connectivity index (χ0) is 11.1. The van der Waals surface area contributed by atoms with Gasteiger partial charge in [0.15, 0.2) is 0 Å². The van der Waals surface area contributed by atoms with E-state index in [4.69, 9.17) is 10.2 Å². The second-order valence-electron chi connectivity index (χ2n) is 4.29. The molecule has 1 fully saturated rings. The number of hydrogen-bond donors (Lipinski definition) is 2. The van der Waals surface area contributed by atoms with E-state index < -0.39 is 5.97 Å². The minimum Gasteiger partial charge on any atom is -0.481 e. The molecule has 0 atom stereocenters. The van der Waals surface area contributed by atoms with Gasteiger partial charge in [-0.1, -0.05) is 0 Å². The second kappa shape index (κ2) is 6.80. The van der Waals surface area contributed by atoms with Gasteiger partial charge in [-0.15, -0.1) is 0 Å². The molecular weight excluding hydrogens is 194 g/mol. The average molecular weight is 215 g/mol. The number of carbonyl (C=O) groups is 1. The molecule has 0 saturated carbocycles. The fraction of sp³-hybridized carbons (Fsp3) is 0.909. The largest absolute Gasteiger partial charge is 0.481 e. The van der Waals surface area contributed by atoms with Crippen molar-refractivity contribution in [1.82, 2.24) is 4.90 Å². The van der Waals surface area contributed by atoms with Crippen molar-refractivity contribution in [3.8, 4) is 0 Å². The molecule has 0 aromatic rings. The molecule has 4 nitrogen and oxygen atoms in total. The highest BCUT2D eigenvalue weighted by Gasteiger charge is 2.18. The Labute approximate surface area is 90.9 Å². The summed E-state index contributed by atoms with van der Waals surface area (Å²) in [7, 11) is 0. The Morgan fingerprint density at radius 2 is 2.00 bits per heavy atom. The van der Waals surface area contributed by atoms with Gasteiger partial charge in [0.1, 0.15) is 0 Å². The van der Waals surface area contributed by atoms with Crippen molar-refractivity contribution in [3.63, 3.8) is 0 Å². The highest BCUT2D eigenvalue weighted by Crippen LogP contribution is 2.20. The quantitative estimate of drug-likeness (QED) is 0.692. The second-order valence-corrected chi connectivity index (χ2v) is 4.29. The monoisotopic (exact) mass is 215 g/mol. The molecule has 0 amide bonds. The third-order valence-electron chi connectivity index (χ3n) is 3.11. The highest BCUT2D eigenvalue weighted by molar-refractivity contribution is 5.66. The molecule has 1 rings (SSSR count). The molecule has 1 heterocycles. The van der Waals surface area contributed by atoms with E-state index in [0.29, 0.717) is 12.5 Å². The molecule has 1 aliphatic rings. The average Bonchev–Trinajstić information content (AvgIpc) is 2.20. The third kappa shape index (κ3) is 5.14. The van der Waals surface area contributed by atoms with Gasteiger partial charge < -0.3 is 15.1 Å². The summed E-state index contributed by atoms with van der Waals surface area (Å²) in [6.07, 6.45) is 4.24. The van der Waals surface area contributed by atoms with Gasteiger partial charge in [-0.05, 0) is 51.2 Å². The van der Waals surface area contributed by atoms with E-state index in [1.807, 2.05) is 0 Å². The van der Waals surface area contributed by atoms with E-state index in [1.165, 1.54) is 0 Å². The first-order valence-electron chi connectivity index (χ1n) is 5.77. The lowest BCUT2D eigenvalue weighted by molar-refractivity contribution is -0.137. The van der Waals surface area contributed by atoms with Crippen LogP contribution in [0.1, 0.15) is 32.1 Å². The molecule has 0 aromatic heterocycles. The summed E-state index contributed by atoms with van der Waals surface area (Å²) in [6, 6.07) is 0. The van der Waals surface area contributed by atoms with E-state index in [2.05, 4.69) is 4.90 Å². The summed E-state index contributed by atoms with van der Waals surface area (Å²) < 4.78 is 0. The van der Waals surface area contributed by atoms with Gasteiger partial charge >= 0.3 is 5.97 Å². The van der Waals surface area contributed by atoms with Crippen LogP contribution < -0.4 is 0 Å². The van der Waals surface area contributed by atoms with Crippen molar-refractivity contribution in [2.45, 2.75) is 32.1 Å². The summed E-state index contributed by atoms with van der Waals surface area (Å²) in [5, 5.41) is 17.3. The fourth-order valence-electron chi connectivity index (χ4n) is 2.14. The van der Waals surface area contributed by atoms with Crippen molar-refractivity contribution in [2.24, 2.45) is 5.92 Å². The van der Waals surface area contributed by atoms with Crippen molar-refractivity contribution >= 4 is 5.97 Å². The number of rotatable bonds is 6. The highest BCUT2D eigenvalue weighted by atomic mass is 16.4. The summed E-state index contributed by atoms with van der Waals surface area (Å²) in [5.41, 5.74) is 0. The fourth-order valence-corrected chi connectivity index (χ4v) is 2.14. The van der Waals surface area contributed by atoms with Crippen LogP contribution in [-0.4, -0.2) is 47.3 Å². The summed E-state index contributed by atoms with van der Waals surface area (Å²) >= 11 is 0. The molecule has 0 spiro atoms. The minimum atomic E-state index is -0.704. The van der Waals surface area contributed by atoms with Gasteiger partial charge in [0.25, 0.3) is 0 Å². The number of likely N-dealkylation sites (tertiary alicyclic amines) is 1. The maximum absolute atomic E-state index is 10.3. The Morgan fingerprint density at radius 3 is 2.53 bits per heavy atom. The van der Waals surface area contributed by atoms with Crippen LogP contribution in [0.5, 0.6) is 0 Å². The van der Waals surface area contributed by atoms with Gasteiger partial charge in [-0.3, -0.25) is 4.79 Å². The topological polar surface area (TPSA) is 60.8 Å². The first-order chi connectivity index (χ1) is 7.22. The van der Waals surface area contributed by atoms with Gasteiger partial charge in [-0.25, -0.2) is 0 Å². The number of hydrogen-bond acceptors (Lipinski definition) is 3. The van der Waals surface area contributed by atoms with E-state index in [9.17, 15) is 4.79 Å². The molecular formula is C11H21NO3. The molecule has 0 radical (unpaired) electrons. The van der Waals surface area contributed by atoms with Crippen LogP contribution in [0.4, 0.5) is 0 Å². The maximum Gasteiger partial charge on any atom is 0.303 e. The number of aliphatic hydroxyl groups is 1. The normalized spacial score (nSPS) is 19.3. The number of piperidine rings is 1. The van der Waals surface area contributed by atoms with Crippen molar-refractivity contribution < 1.29 is 15.0 Å². The summed E-state index contributed by atoms with van der Waals surface area (Å²) in [6.45, 7) is 3.32. The maximum atomic E-state index is 10.3. The molecule has 88 valence electrons. The van der Waals surface area contributed by atoms with Gasteiger partial charge in [0.05, 0.1) is 0 Å². The number of carboxylic acid groups (broad SMARTS) is 1. The lowest BCUT2D eigenvalue weighted by atomic mass is 9.94. The van der Waals surface area contributed by atoms with Crippen LogP contribution in [0, 0.1) is 5.92 Å². The zero-order valence-electron chi connectivity index (χ0n) is 9.19. The molecule has 1 saturated heterocycles. The molecule has 15 heavy (non-hydrogen) atoms. The molecule has 0 unspecified atom stereocenters. The van der Waals surface area contributed by atoms with E-state index in [1.54, 1.807) is 0 Å². The third-order valence-corrected chi connectivity index (χ3v) is 3.11. The van der Waals surface area contributed by atoms with Crippen LogP contribution in [0.3, 0.4) is 0 Å². The van der Waals surface area contributed by atoms with E-state index >= 15 is 0 Å². The molecule has 0 aromatic carbocycles. The smallest absolute Gasteiger partial charge is 0.303 e. The van der Waals surface area contributed by atoms with Crippen molar-refractivity contribution in [1.29, 1.82) is 0 Å². The Kier molecular flexibility index (Phi) is 5.65. The van der Waals surface area contributed by atoms with Crippen molar-refractivity contribution in [2.75, 3.05) is 26.2 Å². The Hall–Kier alpha value is -0.610.